The minimum atomic E-state index is 0.802. The Bertz CT molecular complexity index is 307. The first kappa shape index (κ1) is 10.9. The van der Waals surface area contributed by atoms with Crippen LogP contribution in [0.5, 0.6) is 0 Å². The second-order valence-electron chi connectivity index (χ2n) is 3.48. The summed E-state index contributed by atoms with van der Waals surface area (Å²) in [5.41, 5.74) is 2.25. The predicted octanol–water partition coefficient (Wildman–Crippen LogP) is 1.84. The van der Waals surface area contributed by atoms with Crippen LogP contribution in [-0.2, 0) is 6.54 Å². The molecule has 76 valence electrons. The summed E-state index contributed by atoms with van der Waals surface area (Å²) in [7, 11) is 0. The molecule has 3 heteroatoms. The quantitative estimate of drug-likeness (QED) is 0.570. The molecular formula is C11H17N3. The molecule has 3 nitrogen and oxygen atoms in total. The van der Waals surface area contributed by atoms with Crippen molar-refractivity contribution in [2.75, 3.05) is 6.54 Å². The standard InChI is InChI=1S/C11H17N3/c1-9(2)4-6-12-8-11-5-7-13-10(3)14-11/h5,7,12H,1,4,6,8H2,2-3H3. The summed E-state index contributed by atoms with van der Waals surface area (Å²) in [4.78, 5) is 8.34. The zero-order valence-corrected chi connectivity index (χ0v) is 8.88. The van der Waals surface area contributed by atoms with E-state index in [1.165, 1.54) is 5.57 Å². The molecule has 1 N–H and O–H groups in total. The number of rotatable bonds is 5. The third kappa shape index (κ3) is 4.14. The van der Waals surface area contributed by atoms with E-state index < -0.39 is 0 Å². The third-order valence-electron chi connectivity index (χ3n) is 1.87. The minimum absolute atomic E-state index is 0.802. The van der Waals surface area contributed by atoms with E-state index in [4.69, 9.17) is 0 Å². The van der Waals surface area contributed by atoms with E-state index in [-0.39, 0.29) is 0 Å². The van der Waals surface area contributed by atoms with Crippen LogP contribution in [0, 0.1) is 6.92 Å². The van der Waals surface area contributed by atoms with E-state index in [0.717, 1.165) is 31.0 Å². The highest BCUT2D eigenvalue weighted by atomic mass is 14.9. The van der Waals surface area contributed by atoms with E-state index in [2.05, 4.69) is 21.9 Å². The average molecular weight is 191 g/mol. The summed E-state index contributed by atoms with van der Waals surface area (Å²) < 4.78 is 0. The Morgan fingerprint density at radius 2 is 2.36 bits per heavy atom. The molecule has 0 aliphatic rings. The first-order valence-electron chi connectivity index (χ1n) is 4.82. The van der Waals surface area contributed by atoms with Crippen molar-refractivity contribution < 1.29 is 0 Å². The Morgan fingerprint density at radius 3 is 3.00 bits per heavy atom. The molecule has 1 rings (SSSR count). The summed E-state index contributed by atoms with van der Waals surface area (Å²) in [6.45, 7) is 9.55. The van der Waals surface area contributed by atoms with Gasteiger partial charge < -0.3 is 5.32 Å². The zero-order chi connectivity index (χ0) is 10.4. The summed E-state index contributed by atoms with van der Waals surface area (Å²) in [6.07, 6.45) is 2.81. The van der Waals surface area contributed by atoms with Gasteiger partial charge in [-0.1, -0.05) is 5.57 Å². The molecule has 0 saturated heterocycles. The minimum Gasteiger partial charge on any atom is -0.311 e. The van der Waals surface area contributed by atoms with Crippen LogP contribution in [-0.4, -0.2) is 16.5 Å². The van der Waals surface area contributed by atoms with Gasteiger partial charge in [0.15, 0.2) is 0 Å². The molecule has 0 aliphatic carbocycles. The van der Waals surface area contributed by atoms with Crippen LogP contribution in [0.25, 0.3) is 0 Å². The predicted molar refractivity (Wildman–Crippen MR) is 57.9 cm³/mol. The number of hydrogen-bond acceptors (Lipinski definition) is 3. The number of hydrogen-bond donors (Lipinski definition) is 1. The normalized spacial score (nSPS) is 10.1. The monoisotopic (exact) mass is 191 g/mol. The van der Waals surface area contributed by atoms with Gasteiger partial charge in [-0.15, -0.1) is 6.58 Å². The van der Waals surface area contributed by atoms with Crippen LogP contribution in [0.2, 0.25) is 0 Å². The van der Waals surface area contributed by atoms with E-state index in [1.807, 2.05) is 19.9 Å². The highest BCUT2D eigenvalue weighted by molar-refractivity contribution is 5.01. The molecule has 0 radical (unpaired) electrons. The van der Waals surface area contributed by atoms with E-state index in [1.54, 1.807) is 6.20 Å². The summed E-state index contributed by atoms with van der Waals surface area (Å²) in [5, 5.41) is 3.31. The molecule has 0 fully saturated rings. The highest BCUT2D eigenvalue weighted by Gasteiger charge is 1.94. The number of aryl methyl sites for hydroxylation is 1. The lowest BCUT2D eigenvalue weighted by Gasteiger charge is -2.04. The Kier molecular flexibility index (Phi) is 4.26. The van der Waals surface area contributed by atoms with E-state index >= 15 is 0 Å². The van der Waals surface area contributed by atoms with Crippen molar-refractivity contribution in [3.05, 3.63) is 35.9 Å². The highest BCUT2D eigenvalue weighted by Crippen LogP contribution is 1.96. The van der Waals surface area contributed by atoms with Crippen molar-refractivity contribution in [1.82, 2.24) is 15.3 Å². The molecule has 0 amide bonds. The molecule has 1 aromatic rings. The van der Waals surface area contributed by atoms with Crippen molar-refractivity contribution >= 4 is 0 Å². The first-order chi connectivity index (χ1) is 6.68. The number of nitrogens with one attached hydrogen (secondary N) is 1. The van der Waals surface area contributed by atoms with Crippen LogP contribution in [0.3, 0.4) is 0 Å². The maximum atomic E-state index is 4.29. The molecule has 14 heavy (non-hydrogen) atoms. The molecule has 0 aromatic carbocycles. The second kappa shape index (κ2) is 5.50. The van der Waals surface area contributed by atoms with Gasteiger partial charge in [0.05, 0.1) is 5.69 Å². The molecule has 1 heterocycles. The Hall–Kier alpha value is -1.22. The molecule has 1 aromatic heterocycles. The van der Waals surface area contributed by atoms with Gasteiger partial charge in [0.2, 0.25) is 0 Å². The Balaban J connectivity index is 2.28. The molecule has 0 unspecified atom stereocenters. The molecule has 0 atom stereocenters. The van der Waals surface area contributed by atoms with Crippen molar-refractivity contribution in [3.8, 4) is 0 Å². The van der Waals surface area contributed by atoms with Gasteiger partial charge in [0, 0.05) is 12.7 Å². The van der Waals surface area contributed by atoms with Crippen LogP contribution in [0.4, 0.5) is 0 Å². The van der Waals surface area contributed by atoms with Crippen LogP contribution < -0.4 is 5.32 Å². The molecular weight excluding hydrogens is 174 g/mol. The van der Waals surface area contributed by atoms with Crippen LogP contribution >= 0.6 is 0 Å². The largest absolute Gasteiger partial charge is 0.311 e. The maximum Gasteiger partial charge on any atom is 0.125 e. The van der Waals surface area contributed by atoms with Crippen molar-refractivity contribution in [2.45, 2.75) is 26.8 Å². The number of aromatic nitrogens is 2. The Labute approximate surface area is 85.3 Å². The van der Waals surface area contributed by atoms with E-state index in [0.29, 0.717) is 0 Å². The average Bonchev–Trinajstić information content (AvgIpc) is 2.12. The summed E-state index contributed by atoms with van der Waals surface area (Å²) >= 11 is 0. The molecule has 0 aliphatic heterocycles. The van der Waals surface area contributed by atoms with Gasteiger partial charge in [0.1, 0.15) is 5.82 Å². The molecule has 0 saturated carbocycles. The van der Waals surface area contributed by atoms with Crippen molar-refractivity contribution in [1.29, 1.82) is 0 Å². The fraction of sp³-hybridized carbons (Fsp3) is 0.455. The van der Waals surface area contributed by atoms with Crippen molar-refractivity contribution in [3.63, 3.8) is 0 Å². The van der Waals surface area contributed by atoms with Crippen molar-refractivity contribution in [2.24, 2.45) is 0 Å². The summed E-state index contributed by atoms with van der Waals surface area (Å²) in [5.74, 6) is 0.823. The molecule has 0 bridgehead atoms. The van der Waals surface area contributed by atoms with Gasteiger partial charge in [-0.2, -0.15) is 0 Å². The van der Waals surface area contributed by atoms with Gasteiger partial charge in [-0.25, -0.2) is 9.97 Å². The fourth-order valence-electron chi connectivity index (χ4n) is 1.12. The van der Waals surface area contributed by atoms with Crippen LogP contribution in [0.15, 0.2) is 24.4 Å². The van der Waals surface area contributed by atoms with E-state index in [9.17, 15) is 0 Å². The first-order valence-corrected chi connectivity index (χ1v) is 4.82. The summed E-state index contributed by atoms with van der Waals surface area (Å²) in [6, 6.07) is 1.93. The lowest BCUT2D eigenvalue weighted by Crippen LogP contribution is -2.16. The van der Waals surface area contributed by atoms with Gasteiger partial charge in [-0.3, -0.25) is 0 Å². The second-order valence-corrected chi connectivity index (χ2v) is 3.48. The molecule has 0 spiro atoms. The SMILES string of the molecule is C=C(C)CCNCc1ccnc(C)n1. The lowest BCUT2D eigenvalue weighted by molar-refractivity contribution is 0.669. The maximum absolute atomic E-state index is 4.29. The lowest BCUT2D eigenvalue weighted by atomic mass is 10.2. The Morgan fingerprint density at radius 1 is 1.57 bits per heavy atom. The van der Waals surface area contributed by atoms with Gasteiger partial charge in [-0.05, 0) is 32.9 Å². The fourth-order valence-corrected chi connectivity index (χ4v) is 1.12. The van der Waals surface area contributed by atoms with Crippen LogP contribution in [0.1, 0.15) is 24.9 Å². The number of nitrogens with zero attached hydrogens (tertiary/aromatic N) is 2. The van der Waals surface area contributed by atoms with Gasteiger partial charge in [0.25, 0.3) is 0 Å². The third-order valence-corrected chi connectivity index (χ3v) is 1.87. The van der Waals surface area contributed by atoms with Gasteiger partial charge >= 0.3 is 0 Å². The smallest absolute Gasteiger partial charge is 0.125 e. The topological polar surface area (TPSA) is 37.8 Å². The zero-order valence-electron chi connectivity index (χ0n) is 8.88.